The van der Waals surface area contributed by atoms with Crippen LogP contribution in [0.5, 0.6) is 5.75 Å². The zero-order valence-corrected chi connectivity index (χ0v) is 14.1. The second kappa shape index (κ2) is 8.26. The van der Waals surface area contributed by atoms with E-state index in [0.717, 1.165) is 4.47 Å². The summed E-state index contributed by atoms with van der Waals surface area (Å²) in [5.74, 6) is -1.54. The number of Topliss-reactive ketones (excluding diaryl/α,β-unsaturated/α-hetero) is 1. The van der Waals surface area contributed by atoms with E-state index in [2.05, 4.69) is 15.9 Å². The Kier molecular flexibility index (Phi) is 6.08. The number of esters is 1. The van der Waals surface area contributed by atoms with Gasteiger partial charge in [0.15, 0.2) is 19.0 Å². The van der Waals surface area contributed by atoms with Crippen LogP contribution in [0.25, 0.3) is 0 Å². The lowest BCUT2D eigenvalue weighted by Gasteiger charge is -2.09. The van der Waals surface area contributed by atoms with Gasteiger partial charge in [-0.15, -0.1) is 0 Å². The Morgan fingerprint density at radius 2 is 1.75 bits per heavy atom. The summed E-state index contributed by atoms with van der Waals surface area (Å²) in [6, 6.07) is 13.0. The number of hydrogen-bond donors (Lipinski definition) is 1. The van der Waals surface area contributed by atoms with Crippen LogP contribution in [-0.2, 0) is 9.53 Å². The third-order valence-electron chi connectivity index (χ3n) is 3.01. The van der Waals surface area contributed by atoms with Crippen molar-refractivity contribution >= 4 is 33.6 Å². The lowest BCUT2D eigenvalue weighted by Crippen LogP contribution is -2.21. The number of carbonyl (C=O) groups is 3. The Hall–Kier alpha value is -2.67. The number of para-hydroxylation sites is 1. The van der Waals surface area contributed by atoms with E-state index in [1.165, 1.54) is 12.1 Å². The van der Waals surface area contributed by atoms with E-state index in [0.29, 0.717) is 5.56 Å². The molecule has 0 aliphatic carbocycles. The largest absolute Gasteiger partial charge is 0.481 e. The second-order valence-corrected chi connectivity index (χ2v) is 5.66. The first-order valence-corrected chi connectivity index (χ1v) is 7.72. The molecule has 24 heavy (non-hydrogen) atoms. The van der Waals surface area contributed by atoms with Gasteiger partial charge in [-0.25, -0.2) is 4.79 Å². The maximum absolute atomic E-state index is 11.9. The van der Waals surface area contributed by atoms with Crippen molar-refractivity contribution in [3.63, 3.8) is 0 Å². The number of ketones is 1. The number of amides is 1. The molecule has 0 unspecified atom stereocenters. The lowest BCUT2D eigenvalue weighted by molar-refractivity contribution is -0.144. The van der Waals surface area contributed by atoms with Crippen LogP contribution in [0.4, 0.5) is 0 Å². The molecule has 0 aromatic heterocycles. The molecule has 124 valence electrons. The van der Waals surface area contributed by atoms with Gasteiger partial charge in [0.1, 0.15) is 5.75 Å². The molecule has 0 fully saturated rings. The molecule has 2 N–H and O–H groups in total. The third-order valence-corrected chi connectivity index (χ3v) is 3.50. The van der Waals surface area contributed by atoms with Crippen molar-refractivity contribution in [3.05, 3.63) is 64.1 Å². The first-order chi connectivity index (χ1) is 11.5. The molecular weight excluding hydrogens is 378 g/mol. The van der Waals surface area contributed by atoms with Gasteiger partial charge in [0.05, 0.1) is 5.56 Å². The topological polar surface area (TPSA) is 95.7 Å². The second-order valence-electron chi connectivity index (χ2n) is 4.74. The van der Waals surface area contributed by atoms with Crippen LogP contribution >= 0.6 is 15.9 Å². The number of nitrogens with two attached hydrogens (primary N) is 1. The lowest BCUT2D eigenvalue weighted by atomic mass is 10.1. The van der Waals surface area contributed by atoms with Crippen LogP contribution < -0.4 is 10.5 Å². The number of rotatable bonds is 7. The molecule has 0 saturated carbocycles. The highest BCUT2D eigenvalue weighted by Gasteiger charge is 2.13. The van der Waals surface area contributed by atoms with Crippen molar-refractivity contribution in [1.82, 2.24) is 0 Å². The summed E-state index contributed by atoms with van der Waals surface area (Å²) in [6.45, 7) is -0.827. The Balaban J connectivity index is 1.86. The van der Waals surface area contributed by atoms with E-state index in [1.807, 2.05) is 0 Å². The molecule has 0 radical (unpaired) electrons. The zero-order chi connectivity index (χ0) is 17.5. The fraction of sp³-hybridized carbons (Fsp3) is 0.118. The molecular formula is C17H14BrNO5. The summed E-state index contributed by atoms with van der Waals surface area (Å²) < 4.78 is 10.9. The maximum Gasteiger partial charge on any atom is 0.344 e. The SMILES string of the molecule is NC(=O)c1ccccc1OCC(=O)OCC(=O)c1cccc(Br)c1. The third kappa shape index (κ3) is 4.92. The number of carbonyl (C=O) groups excluding carboxylic acids is 3. The molecule has 0 spiro atoms. The van der Waals surface area contributed by atoms with Crippen LogP contribution in [0.15, 0.2) is 53.0 Å². The van der Waals surface area contributed by atoms with Gasteiger partial charge >= 0.3 is 5.97 Å². The van der Waals surface area contributed by atoms with Crippen molar-refractivity contribution in [3.8, 4) is 5.75 Å². The molecule has 0 heterocycles. The fourth-order valence-electron chi connectivity index (χ4n) is 1.87. The van der Waals surface area contributed by atoms with Gasteiger partial charge in [0, 0.05) is 10.0 Å². The van der Waals surface area contributed by atoms with Gasteiger partial charge in [-0.3, -0.25) is 9.59 Å². The van der Waals surface area contributed by atoms with Crippen molar-refractivity contribution in [1.29, 1.82) is 0 Å². The predicted molar refractivity (Wildman–Crippen MR) is 89.9 cm³/mol. The van der Waals surface area contributed by atoms with E-state index in [9.17, 15) is 14.4 Å². The van der Waals surface area contributed by atoms with Gasteiger partial charge in [-0.1, -0.05) is 40.2 Å². The highest BCUT2D eigenvalue weighted by molar-refractivity contribution is 9.10. The van der Waals surface area contributed by atoms with Gasteiger partial charge in [-0.05, 0) is 24.3 Å². The normalized spacial score (nSPS) is 10.0. The minimum absolute atomic E-state index is 0.163. The van der Waals surface area contributed by atoms with Crippen LogP contribution in [-0.4, -0.2) is 30.9 Å². The number of primary amides is 1. The molecule has 6 nitrogen and oxygen atoms in total. The first-order valence-electron chi connectivity index (χ1n) is 6.93. The van der Waals surface area contributed by atoms with Gasteiger partial charge in [-0.2, -0.15) is 0 Å². The van der Waals surface area contributed by atoms with Crippen molar-refractivity contribution in [2.45, 2.75) is 0 Å². The molecule has 0 aliphatic heterocycles. The van der Waals surface area contributed by atoms with Crippen LogP contribution in [0.2, 0.25) is 0 Å². The summed E-state index contributed by atoms with van der Waals surface area (Å²) in [7, 11) is 0. The molecule has 2 rings (SSSR count). The molecule has 2 aromatic rings. The molecule has 0 bridgehead atoms. The molecule has 7 heteroatoms. The van der Waals surface area contributed by atoms with Crippen molar-refractivity contribution in [2.24, 2.45) is 5.73 Å². The first kappa shape index (κ1) is 17.7. The van der Waals surface area contributed by atoms with E-state index in [1.54, 1.807) is 36.4 Å². The fourth-order valence-corrected chi connectivity index (χ4v) is 2.26. The number of halogens is 1. The van der Waals surface area contributed by atoms with Crippen LogP contribution in [0.1, 0.15) is 20.7 Å². The highest BCUT2D eigenvalue weighted by Crippen LogP contribution is 2.17. The minimum Gasteiger partial charge on any atom is -0.481 e. The summed E-state index contributed by atoms with van der Waals surface area (Å²) in [5.41, 5.74) is 5.80. The van der Waals surface area contributed by atoms with Crippen molar-refractivity contribution in [2.75, 3.05) is 13.2 Å². The molecule has 0 aliphatic rings. The van der Waals surface area contributed by atoms with Gasteiger partial charge in [0.2, 0.25) is 0 Å². The van der Waals surface area contributed by atoms with E-state index >= 15 is 0 Å². The Bertz CT molecular complexity index is 775. The number of hydrogen-bond acceptors (Lipinski definition) is 5. The number of ether oxygens (including phenoxy) is 2. The molecule has 0 saturated heterocycles. The Morgan fingerprint density at radius 1 is 1.00 bits per heavy atom. The average molecular weight is 392 g/mol. The van der Waals surface area contributed by atoms with Crippen LogP contribution in [0.3, 0.4) is 0 Å². The summed E-state index contributed by atoms with van der Waals surface area (Å²) in [6.07, 6.45) is 0. The highest BCUT2D eigenvalue weighted by atomic mass is 79.9. The number of benzene rings is 2. The standard InChI is InChI=1S/C17H14BrNO5/c18-12-5-3-4-11(8-12)14(20)9-24-16(21)10-23-15-7-2-1-6-13(15)17(19)22/h1-8H,9-10H2,(H2,19,22). The molecule has 2 aromatic carbocycles. The molecule has 1 amide bonds. The van der Waals surface area contributed by atoms with Crippen molar-refractivity contribution < 1.29 is 23.9 Å². The predicted octanol–water partition coefficient (Wildman–Crippen LogP) is 2.35. The Labute approximate surface area is 146 Å². The monoisotopic (exact) mass is 391 g/mol. The van der Waals surface area contributed by atoms with E-state index < -0.39 is 25.1 Å². The quantitative estimate of drug-likeness (QED) is 0.577. The van der Waals surface area contributed by atoms with E-state index in [4.69, 9.17) is 15.2 Å². The summed E-state index contributed by atoms with van der Waals surface area (Å²) >= 11 is 3.26. The zero-order valence-electron chi connectivity index (χ0n) is 12.5. The molecule has 0 atom stereocenters. The maximum atomic E-state index is 11.9. The van der Waals surface area contributed by atoms with Gasteiger partial charge in [0.25, 0.3) is 5.91 Å². The Morgan fingerprint density at radius 3 is 2.46 bits per heavy atom. The summed E-state index contributed by atoms with van der Waals surface area (Å²) in [4.78, 5) is 34.8. The van der Waals surface area contributed by atoms with E-state index in [-0.39, 0.29) is 17.1 Å². The smallest absolute Gasteiger partial charge is 0.344 e. The van der Waals surface area contributed by atoms with Crippen LogP contribution in [0, 0.1) is 0 Å². The summed E-state index contributed by atoms with van der Waals surface area (Å²) in [5, 5.41) is 0. The minimum atomic E-state index is -0.724. The average Bonchev–Trinajstić information content (AvgIpc) is 2.58. The van der Waals surface area contributed by atoms with Gasteiger partial charge < -0.3 is 15.2 Å².